The van der Waals surface area contributed by atoms with Gasteiger partial charge in [-0.15, -0.1) is 0 Å². The van der Waals surface area contributed by atoms with Crippen molar-refractivity contribution in [2.75, 3.05) is 13.6 Å². The minimum absolute atomic E-state index is 0.0798. The largest absolute Gasteiger partial charge is 0.393 e. The van der Waals surface area contributed by atoms with Crippen LogP contribution in [-0.4, -0.2) is 39.2 Å². The van der Waals surface area contributed by atoms with Crippen molar-refractivity contribution in [2.24, 2.45) is 5.73 Å². The Morgan fingerprint density at radius 3 is 2.82 bits per heavy atom. The zero-order chi connectivity index (χ0) is 12.8. The van der Waals surface area contributed by atoms with Crippen molar-refractivity contribution in [3.8, 4) is 0 Å². The first-order valence-corrected chi connectivity index (χ1v) is 5.92. The summed E-state index contributed by atoms with van der Waals surface area (Å²) in [4.78, 5) is 13.9. The van der Waals surface area contributed by atoms with Gasteiger partial charge in [0.05, 0.1) is 4.99 Å². The monoisotopic (exact) mass is 254 g/mol. The van der Waals surface area contributed by atoms with E-state index in [1.54, 1.807) is 18.1 Å². The summed E-state index contributed by atoms with van der Waals surface area (Å²) in [7, 11) is 1.76. The van der Waals surface area contributed by atoms with Gasteiger partial charge in [0.2, 0.25) is 5.91 Å². The van der Waals surface area contributed by atoms with Crippen molar-refractivity contribution in [1.29, 1.82) is 0 Å². The van der Waals surface area contributed by atoms with Crippen molar-refractivity contribution in [1.82, 2.24) is 14.7 Å². The predicted octanol–water partition coefficient (Wildman–Crippen LogP) is 0.716. The molecule has 1 heterocycles. The summed E-state index contributed by atoms with van der Waals surface area (Å²) in [5.74, 6) is 0.0798. The second-order valence-electron chi connectivity index (χ2n) is 3.98. The molecule has 0 spiro atoms. The summed E-state index contributed by atoms with van der Waals surface area (Å²) >= 11 is 4.77. The molecule has 0 unspecified atom stereocenters. The third kappa shape index (κ3) is 4.52. The Balaban J connectivity index is 2.34. The molecule has 0 saturated carbocycles. The maximum absolute atomic E-state index is 11.8. The smallest absolute Gasteiger partial charge is 0.224 e. The molecular formula is C11H18N4OS. The van der Waals surface area contributed by atoms with Crippen LogP contribution in [0.25, 0.3) is 0 Å². The first-order chi connectivity index (χ1) is 8.00. The van der Waals surface area contributed by atoms with Gasteiger partial charge in [0.25, 0.3) is 0 Å². The van der Waals surface area contributed by atoms with E-state index < -0.39 is 0 Å². The molecule has 17 heavy (non-hydrogen) atoms. The van der Waals surface area contributed by atoms with Crippen LogP contribution in [0.15, 0.2) is 12.3 Å². The highest BCUT2D eigenvalue weighted by molar-refractivity contribution is 7.80. The van der Waals surface area contributed by atoms with Crippen molar-refractivity contribution in [2.45, 2.75) is 26.3 Å². The van der Waals surface area contributed by atoms with Gasteiger partial charge in [0.1, 0.15) is 0 Å². The van der Waals surface area contributed by atoms with E-state index in [0.29, 0.717) is 30.9 Å². The highest BCUT2D eigenvalue weighted by Gasteiger charge is 2.09. The molecule has 1 aromatic rings. The van der Waals surface area contributed by atoms with Crippen LogP contribution in [0.5, 0.6) is 0 Å². The van der Waals surface area contributed by atoms with Crippen LogP contribution >= 0.6 is 12.2 Å². The van der Waals surface area contributed by atoms with Crippen LogP contribution in [0.4, 0.5) is 0 Å². The van der Waals surface area contributed by atoms with Crippen molar-refractivity contribution < 1.29 is 4.79 Å². The minimum atomic E-state index is 0.0798. The van der Waals surface area contributed by atoms with Crippen LogP contribution < -0.4 is 5.73 Å². The van der Waals surface area contributed by atoms with Gasteiger partial charge in [0, 0.05) is 44.9 Å². The number of nitrogens with zero attached hydrogens (tertiary/aromatic N) is 3. The number of hydrogen-bond donors (Lipinski definition) is 1. The topological polar surface area (TPSA) is 64.2 Å². The number of aryl methyl sites for hydroxylation is 2. The molecule has 0 aromatic carbocycles. The number of hydrogen-bond acceptors (Lipinski definition) is 3. The second kappa shape index (κ2) is 6.34. The number of thiocarbonyl (C=S) groups is 1. The Hall–Kier alpha value is -1.43. The van der Waals surface area contributed by atoms with E-state index >= 15 is 0 Å². The molecule has 0 aliphatic rings. The van der Waals surface area contributed by atoms with Crippen molar-refractivity contribution in [3.63, 3.8) is 0 Å². The molecule has 5 nitrogen and oxygen atoms in total. The summed E-state index contributed by atoms with van der Waals surface area (Å²) in [6, 6.07) is 1.92. The molecular weight excluding hydrogens is 236 g/mol. The van der Waals surface area contributed by atoms with E-state index in [4.69, 9.17) is 18.0 Å². The van der Waals surface area contributed by atoms with Gasteiger partial charge in [-0.2, -0.15) is 5.10 Å². The van der Waals surface area contributed by atoms with E-state index in [-0.39, 0.29) is 5.91 Å². The van der Waals surface area contributed by atoms with Gasteiger partial charge >= 0.3 is 0 Å². The molecule has 0 bridgehead atoms. The Morgan fingerprint density at radius 2 is 2.29 bits per heavy atom. The summed E-state index contributed by atoms with van der Waals surface area (Å²) < 4.78 is 1.82. The maximum Gasteiger partial charge on any atom is 0.224 e. The SMILES string of the molecule is Cc1ccnn1CCC(=O)N(C)CCC(N)=S. The molecule has 0 saturated heterocycles. The van der Waals surface area contributed by atoms with Crippen LogP contribution in [0.1, 0.15) is 18.5 Å². The Labute approximate surface area is 107 Å². The summed E-state index contributed by atoms with van der Waals surface area (Å²) in [6.07, 6.45) is 2.74. The number of nitrogens with two attached hydrogens (primary N) is 1. The molecule has 0 radical (unpaired) electrons. The number of carbonyl (C=O) groups is 1. The predicted molar refractivity (Wildman–Crippen MR) is 70.6 cm³/mol. The zero-order valence-electron chi connectivity index (χ0n) is 10.2. The minimum Gasteiger partial charge on any atom is -0.393 e. The highest BCUT2D eigenvalue weighted by atomic mass is 32.1. The molecule has 0 aliphatic carbocycles. The fourth-order valence-electron chi connectivity index (χ4n) is 1.43. The van der Waals surface area contributed by atoms with Gasteiger partial charge in [-0.25, -0.2) is 0 Å². The molecule has 1 amide bonds. The Morgan fingerprint density at radius 1 is 1.59 bits per heavy atom. The lowest BCUT2D eigenvalue weighted by molar-refractivity contribution is -0.130. The van der Waals surface area contributed by atoms with Crippen LogP contribution in [0.2, 0.25) is 0 Å². The van der Waals surface area contributed by atoms with Gasteiger partial charge in [-0.3, -0.25) is 9.48 Å². The molecule has 0 aliphatic heterocycles. The quantitative estimate of drug-likeness (QED) is 0.760. The van der Waals surface area contributed by atoms with E-state index in [0.717, 1.165) is 5.69 Å². The maximum atomic E-state index is 11.8. The van der Waals surface area contributed by atoms with Gasteiger partial charge in [-0.05, 0) is 13.0 Å². The standard InChI is InChI=1S/C11H18N4OS/c1-9-3-6-13-15(9)8-5-11(16)14(2)7-4-10(12)17/h3,6H,4-5,7-8H2,1-2H3,(H2,12,17). The number of amides is 1. The fourth-order valence-corrected chi connectivity index (χ4v) is 1.52. The molecule has 0 atom stereocenters. The third-order valence-corrected chi connectivity index (χ3v) is 2.79. The van der Waals surface area contributed by atoms with Crippen molar-refractivity contribution in [3.05, 3.63) is 18.0 Å². The summed E-state index contributed by atoms with van der Waals surface area (Å²) in [5.41, 5.74) is 6.45. The van der Waals surface area contributed by atoms with Crippen LogP contribution in [-0.2, 0) is 11.3 Å². The average molecular weight is 254 g/mol. The lowest BCUT2D eigenvalue weighted by atomic mass is 10.3. The van der Waals surface area contributed by atoms with Crippen LogP contribution in [0.3, 0.4) is 0 Å². The lowest BCUT2D eigenvalue weighted by Crippen LogP contribution is -2.30. The van der Waals surface area contributed by atoms with E-state index in [1.165, 1.54) is 0 Å². The molecule has 1 aromatic heterocycles. The van der Waals surface area contributed by atoms with Gasteiger partial charge in [0.15, 0.2) is 0 Å². The molecule has 1 rings (SSSR count). The zero-order valence-corrected chi connectivity index (χ0v) is 11.0. The third-order valence-electron chi connectivity index (χ3n) is 2.59. The van der Waals surface area contributed by atoms with E-state index in [9.17, 15) is 4.79 Å². The normalized spacial score (nSPS) is 10.2. The molecule has 0 fully saturated rings. The summed E-state index contributed by atoms with van der Waals surface area (Å²) in [5, 5.41) is 4.13. The van der Waals surface area contributed by atoms with Crippen LogP contribution in [0, 0.1) is 6.92 Å². The van der Waals surface area contributed by atoms with E-state index in [1.807, 2.05) is 17.7 Å². The Bertz CT molecular complexity index is 402. The highest BCUT2D eigenvalue weighted by Crippen LogP contribution is 2.00. The van der Waals surface area contributed by atoms with Gasteiger partial charge in [-0.1, -0.05) is 12.2 Å². The molecule has 2 N–H and O–H groups in total. The summed E-state index contributed by atoms with van der Waals surface area (Å²) in [6.45, 7) is 3.15. The average Bonchev–Trinajstić information content (AvgIpc) is 2.68. The second-order valence-corrected chi connectivity index (χ2v) is 4.50. The van der Waals surface area contributed by atoms with Gasteiger partial charge < -0.3 is 10.6 Å². The Kier molecular flexibility index (Phi) is 5.09. The number of carbonyl (C=O) groups excluding carboxylic acids is 1. The number of rotatable bonds is 6. The lowest BCUT2D eigenvalue weighted by Gasteiger charge is -2.16. The van der Waals surface area contributed by atoms with Crippen molar-refractivity contribution >= 4 is 23.1 Å². The molecule has 94 valence electrons. The first-order valence-electron chi connectivity index (χ1n) is 5.51. The molecule has 6 heteroatoms. The first kappa shape index (κ1) is 13.6. The van der Waals surface area contributed by atoms with E-state index in [2.05, 4.69) is 5.10 Å². The number of aromatic nitrogens is 2. The fraction of sp³-hybridized carbons (Fsp3) is 0.545.